The SMILES string of the molecule is CC(C(=O)NCc1cccs1)N1CCN(S(=O)(=O)c2ccc(Cl)s2)CC1. The molecule has 3 rings (SSSR count). The summed E-state index contributed by atoms with van der Waals surface area (Å²) in [5.41, 5.74) is 0. The first-order valence-corrected chi connectivity index (χ1v) is 11.7. The highest BCUT2D eigenvalue weighted by molar-refractivity contribution is 7.91. The van der Waals surface area contributed by atoms with Gasteiger partial charge < -0.3 is 5.32 Å². The Bertz CT molecular complexity index is 843. The number of hydrogen-bond donors (Lipinski definition) is 1. The van der Waals surface area contributed by atoms with Gasteiger partial charge in [-0.3, -0.25) is 9.69 Å². The van der Waals surface area contributed by atoms with E-state index in [-0.39, 0.29) is 16.2 Å². The van der Waals surface area contributed by atoms with E-state index in [9.17, 15) is 13.2 Å². The average molecular weight is 434 g/mol. The Labute approximate surface area is 166 Å². The number of rotatable bonds is 6. The third-order valence-corrected chi connectivity index (χ3v) is 8.83. The monoisotopic (exact) mass is 433 g/mol. The summed E-state index contributed by atoms with van der Waals surface area (Å²) < 4.78 is 27.4. The van der Waals surface area contributed by atoms with Crippen LogP contribution in [0.4, 0.5) is 0 Å². The van der Waals surface area contributed by atoms with Gasteiger partial charge in [0, 0.05) is 31.1 Å². The van der Waals surface area contributed by atoms with E-state index in [1.807, 2.05) is 29.3 Å². The average Bonchev–Trinajstić information content (AvgIpc) is 3.31. The summed E-state index contributed by atoms with van der Waals surface area (Å²) >= 11 is 8.52. The molecule has 1 aliphatic heterocycles. The molecule has 0 bridgehead atoms. The van der Waals surface area contributed by atoms with Crippen LogP contribution in [-0.2, 0) is 21.4 Å². The first-order valence-electron chi connectivity index (χ1n) is 8.17. The highest BCUT2D eigenvalue weighted by Crippen LogP contribution is 2.28. The van der Waals surface area contributed by atoms with Crippen LogP contribution in [-0.4, -0.2) is 55.8 Å². The predicted octanol–water partition coefficient (Wildman–Crippen LogP) is 2.47. The lowest BCUT2D eigenvalue weighted by Crippen LogP contribution is -2.54. The molecule has 26 heavy (non-hydrogen) atoms. The van der Waals surface area contributed by atoms with Crippen LogP contribution in [0.15, 0.2) is 33.9 Å². The molecule has 1 aliphatic rings. The van der Waals surface area contributed by atoms with Crippen molar-refractivity contribution >= 4 is 50.2 Å². The van der Waals surface area contributed by atoms with E-state index in [0.29, 0.717) is 37.1 Å². The normalized spacial score (nSPS) is 17.9. The topological polar surface area (TPSA) is 69.7 Å². The van der Waals surface area contributed by atoms with Crippen molar-refractivity contribution in [3.05, 3.63) is 38.9 Å². The van der Waals surface area contributed by atoms with E-state index in [1.54, 1.807) is 17.4 Å². The molecular formula is C16H20ClN3O3S3. The zero-order valence-electron chi connectivity index (χ0n) is 14.2. The molecule has 2 aromatic heterocycles. The number of nitrogens with zero attached hydrogens (tertiary/aromatic N) is 2. The first kappa shape index (κ1) is 19.8. The van der Waals surface area contributed by atoms with Crippen molar-refractivity contribution in [2.24, 2.45) is 0 Å². The number of halogens is 1. The third-order valence-electron chi connectivity index (χ3n) is 4.36. The van der Waals surface area contributed by atoms with Crippen LogP contribution >= 0.6 is 34.3 Å². The summed E-state index contributed by atoms with van der Waals surface area (Å²) in [4.78, 5) is 15.5. The van der Waals surface area contributed by atoms with Crippen molar-refractivity contribution in [3.63, 3.8) is 0 Å². The van der Waals surface area contributed by atoms with Crippen LogP contribution < -0.4 is 5.32 Å². The molecule has 3 heterocycles. The number of carbonyl (C=O) groups excluding carboxylic acids is 1. The summed E-state index contributed by atoms with van der Waals surface area (Å²) in [5, 5.41) is 4.91. The molecule has 1 fully saturated rings. The number of hydrogen-bond acceptors (Lipinski definition) is 6. The number of carbonyl (C=O) groups is 1. The van der Waals surface area contributed by atoms with Gasteiger partial charge in [-0.25, -0.2) is 8.42 Å². The highest BCUT2D eigenvalue weighted by atomic mass is 35.5. The van der Waals surface area contributed by atoms with Crippen LogP contribution in [0.3, 0.4) is 0 Å². The Morgan fingerprint density at radius 1 is 1.27 bits per heavy atom. The lowest BCUT2D eigenvalue weighted by molar-refractivity contribution is -0.126. The Hall–Kier alpha value is -0.970. The van der Waals surface area contributed by atoms with Gasteiger partial charge in [-0.1, -0.05) is 17.7 Å². The maximum Gasteiger partial charge on any atom is 0.252 e. The standard InChI is InChI=1S/C16H20ClN3O3S3/c1-12(16(21)18-11-13-3-2-10-24-13)19-6-8-20(9-7-19)26(22,23)15-5-4-14(17)25-15/h2-5,10,12H,6-9,11H2,1H3,(H,18,21). The fourth-order valence-electron chi connectivity index (χ4n) is 2.80. The molecule has 1 amide bonds. The minimum Gasteiger partial charge on any atom is -0.350 e. The van der Waals surface area contributed by atoms with Crippen molar-refractivity contribution in [2.75, 3.05) is 26.2 Å². The molecular weight excluding hydrogens is 414 g/mol. The molecule has 6 nitrogen and oxygen atoms in total. The minimum atomic E-state index is -3.51. The molecule has 0 radical (unpaired) electrons. The van der Waals surface area contributed by atoms with Gasteiger partial charge in [-0.15, -0.1) is 22.7 Å². The van der Waals surface area contributed by atoms with Crippen molar-refractivity contribution in [1.82, 2.24) is 14.5 Å². The quantitative estimate of drug-likeness (QED) is 0.759. The third kappa shape index (κ3) is 4.47. The van der Waals surface area contributed by atoms with E-state index >= 15 is 0 Å². The molecule has 0 aromatic carbocycles. The summed E-state index contributed by atoms with van der Waals surface area (Å²) in [6, 6.07) is 6.77. The van der Waals surface area contributed by atoms with Gasteiger partial charge in [0.05, 0.1) is 16.9 Å². The largest absolute Gasteiger partial charge is 0.350 e. The zero-order chi connectivity index (χ0) is 18.7. The second kappa shape index (κ2) is 8.37. The van der Waals surface area contributed by atoms with Gasteiger partial charge in [0.25, 0.3) is 10.0 Å². The van der Waals surface area contributed by atoms with E-state index in [0.717, 1.165) is 16.2 Å². The summed E-state index contributed by atoms with van der Waals surface area (Å²) in [6.07, 6.45) is 0. The van der Waals surface area contributed by atoms with Gasteiger partial charge in [0.1, 0.15) is 4.21 Å². The van der Waals surface area contributed by atoms with E-state index in [2.05, 4.69) is 5.32 Å². The zero-order valence-corrected chi connectivity index (χ0v) is 17.4. The van der Waals surface area contributed by atoms with Gasteiger partial charge >= 0.3 is 0 Å². The van der Waals surface area contributed by atoms with Crippen LogP contribution in [0.25, 0.3) is 0 Å². The molecule has 0 aliphatic carbocycles. The Kier molecular flexibility index (Phi) is 6.37. The molecule has 0 spiro atoms. The van der Waals surface area contributed by atoms with Crippen LogP contribution in [0.2, 0.25) is 4.34 Å². The lowest BCUT2D eigenvalue weighted by Gasteiger charge is -2.36. The summed E-state index contributed by atoms with van der Waals surface area (Å²) in [5.74, 6) is -0.0419. The molecule has 1 atom stereocenters. The van der Waals surface area contributed by atoms with Crippen LogP contribution in [0.5, 0.6) is 0 Å². The number of piperazine rings is 1. The maximum atomic E-state index is 12.6. The fraction of sp³-hybridized carbons (Fsp3) is 0.438. The molecule has 10 heteroatoms. The number of thiophene rings is 2. The number of amides is 1. The summed E-state index contributed by atoms with van der Waals surface area (Å²) in [6.45, 7) is 4.14. The number of sulfonamides is 1. The van der Waals surface area contributed by atoms with Crippen molar-refractivity contribution in [3.8, 4) is 0 Å². The second-order valence-corrected chi connectivity index (χ2v) is 10.9. The van der Waals surface area contributed by atoms with Gasteiger partial charge in [-0.05, 0) is 30.5 Å². The Morgan fingerprint density at radius 3 is 2.58 bits per heavy atom. The van der Waals surface area contributed by atoms with Gasteiger partial charge in [0.15, 0.2) is 0 Å². The highest BCUT2D eigenvalue weighted by Gasteiger charge is 2.32. The Morgan fingerprint density at radius 2 is 2.00 bits per heavy atom. The molecule has 1 unspecified atom stereocenters. The Balaban J connectivity index is 1.53. The van der Waals surface area contributed by atoms with Crippen LogP contribution in [0, 0.1) is 0 Å². The van der Waals surface area contributed by atoms with E-state index in [1.165, 1.54) is 10.4 Å². The maximum absolute atomic E-state index is 12.6. The predicted molar refractivity (Wildman–Crippen MR) is 105 cm³/mol. The van der Waals surface area contributed by atoms with Gasteiger partial charge in [-0.2, -0.15) is 4.31 Å². The van der Waals surface area contributed by atoms with Crippen molar-refractivity contribution in [2.45, 2.75) is 23.7 Å². The van der Waals surface area contributed by atoms with E-state index in [4.69, 9.17) is 11.6 Å². The molecule has 142 valence electrons. The van der Waals surface area contributed by atoms with Crippen molar-refractivity contribution < 1.29 is 13.2 Å². The molecule has 2 aromatic rings. The smallest absolute Gasteiger partial charge is 0.252 e. The minimum absolute atomic E-state index is 0.0419. The van der Waals surface area contributed by atoms with Crippen molar-refractivity contribution in [1.29, 1.82) is 0 Å². The first-order chi connectivity index (χ1) is 12.4. The molecule has 0 saturated carbocycles. The molecule has 1 N–H and O–H groups in total. The second-order valence-electron chi connectivity index (χ2n) is 5.97. The molecule has 1 saturated heterocycles. The van der Waals surface area contributed by atoms with Crippen LogP contribution in [0.1, 0.15) is 11.8 Å². The summed E-state index contributed by atoms with van der Waals surface area (Å²) in [7, 11) is -3.51. The van der Waals surface area contributed by atoms with Gasteiger partial charge in [0.2, 0.25) is 5.91 Å². The number of nitrogens with one attached hydrogen (secondary N) is 1. The van der Waals surface area contributed by atoms with E-state index < -0.39 is 10.0 Å². The lowest BCUT2D eigenvalue weighted by atomic mass is 10.2. The fourth-order valence-corrected chi connectivity index (χ4v) is 6.50.